The standard InChI is InChI=1S/C12H15N2.HI/c1-10-9-11(2)14(13(10)3)12-7-5-4-6-8-12;/h4-9H,1-3H3;1H/q+1;/p-1. The van der Waals surface area contributed by atoms with Crippen molar-refractivity contribution in [3.8, 4) is 5.69 Å². The molecule has 0 spiro atoms. The van der Waals surface area contributed by atoms with Crippen LogP contribution in [0.25, 0.3) is 5.69 Å². The third kappa shape index (κ3) is 2.22. The van der Waals surface area contributed by atoms with E-state index in [2.05, 4.69) is 60.6 Å². The van der Waals surface area contributed by atoms with Crippen LogP contribution in [0.4, 0.5) is 0 Å². The summed E-state index contributed by atoms with van der Waals surface area (Å²) in [5.41, 5.74) is 3.74. The first-order valence-corrected chi connectivity index (χ1v) is 4.81. The summed E-state index contributed by atoms with van der Waals surface area (Å²) in [6.45, 7) is 4.24. The predicted octanol–water partition coefficient (Wildman–Crippen LogP) is -1.08. The molecule has 0 aliphatic heterocycles. The molecule has 2 aromatic rings. The molecular formula is C12H15IN2. The van der Waals surface area contributed by atoms with Gasteiger partial charge in [0.2, 0.25) is 5.69 Å². The Kier molecular flexibility index (Phi) is 3.90. The van der Waals surface area contributed by atoms with Crippen LogP contribution >= 0.6 is 0 Å². The zero-order valence-electron chi connectivity index (χ0n) is 9.24. The molecule has 3 heteroatoms. The lowest BCUT2D eigenvalue weighted by molar-refractivity contribution is -0.749. The third-order valence-electron chi connectivity index (χ3n) is 2.56. The SMILES string of the molecule is Cc1cc(C)[n+](C)n1-c1ccccc1.[I-]. The highest BCUT2D eigenvalue weighted by Gasteiger charge is 2.13. The highest BCUT2D eigenvalue weighted by Crippen LogP contribution is 2.08. The molecule has 0 amide bonds. The van der Waals surface area contributed by atoms with E-state index in [1.165, 1.54) is 17.1 Å². The van der Waals surface area contributed by atoms with Gasteiger partial charge in [0.25, 0.3) is 0 Å². The number of hydrogen-bond acceptors (Lipinski definition) is 0. The minimum Gasteiger partial charge on any atom is -1.00 e. The molecule has 0 saturated carbocycles. The third-order valence-corrected chi connectivity index (χ3v) is 2.56. The van der Waals surface area contributed by atoms with Crippen LogP contribution < -0.4 is 28.7 Å². The number of halogens is 1. The Morgan fingerprint density at radius 1 is 1.07 bits per heavy atom. The van der Waals surface area contributed by atoms with E-state index in [4.69, 9.17) is 0 Å². The summed E-state index contributed by atoms with van der Waals surface area (Å²) in [5, 5.41) is 0. The van der Waals surface area contributed by atoms with Crippen LogP contribution in [0.3, 0.4) is 0 Å². The van der Waals surface area contributed by atoms with Crippen molar-refractivity contribution >= 4 is 0 Å². The van der Waals surface area contributed by atoms with Gasteiger partial charge in [-0.2, -0.15) is 0 Å². The lowest BCUT2D eigenvalue weighted by atomic mass is 10.3. The van der Waals surface area contributed by atoms with Crippen molar-refractivity contribution < 1.29 is 28.7 Å². The maximum absolute atomic E-state index is 2.20. The number of aryl methyl sites for hydroxylation is 2. The first kappa shape index (κ1) is 12.2. The Morgan fingerprint density at radius 2 is 1.67 bits per heavy atom. The van der Waals surface area contributed by atoms with E-state index in [1.807, 2.05) is 6.07 Å². The van der Waals surface area contributed by atoms with Gasteiger partial charge >= 0.3 is 0 Å². The van der Waals surface area contributed by atoms with Crippen molar-refractivity contribution in [2.75, 3.05) is 0 Å². The highest BCUT2D eigenvalue weighted by molar-refractivity contribution is 5.31. The molecule has 0 aliphatic carbocycles. The van der Waals surface area contributed by atoms with E-state index in [0.29, 0.717) is 0 Å². The van der Waals surface area contributed by atoms with Gasteiger partial charge in [-0.3, -0.25) is 0 Å². The second-order valence-corrected chi connectivity index (χ2v) is 3.60. The van der Waals surface area contributed by atoms with Crippen molar-refractivity contribution in [2.24, 2.45) is 7.05 Å². The van der Waals surface area contributed by atoms with Crippen LogP contribution in [0, 0.1) is 13.8 Å². The molecule has 1 aromatic heterocycles. The molecule has 0 saturated heterocycles. The van der Waals surface area contributed by atoms with Crippen LogP contribution in [0.15, 0.2) is 36.4 Å². The largest absolute Gasteiger partial charge is 1.00 e. The van der Waals surface area contributed by atoms with E-state index >= 15 is 0 Å². The maximum Gasteiger partial charge on any atom is 0.205 e. The normalized spacial score (nSPS) is 9.80. The summed E-state index contributed by atoms with van der Waals surface area (Å²) in [7, 11) is 2.08. The molecule has 0 bridgehead atoms. The minimum absolute atomic E-state index is 0. The molecule has 0 unspecified atom stereocenters. The Hall–Kier alpha value is -0.840. The smallest absolute Gasteiger partial charge is 0.205 e. The Morgan fingerprint density at radius 3 is 2.13 bits per heavy atom. The molecule has 0 aliphatic rings. The summed E-state index contributed by atoms with van der Waals surface area (Å²) in [6, 6.07) is 12.6. The quantitative estimate of drug-likeness (QED) is 0.468. The number of rotatable bonds is 1. The van der Waals surface area contributed by atoms with E-state index in [0.717, 1.165) is 0 Å². The van der Waals surface area contributed by atoms with Gasteiger partial charge in [-0.15, -0.1) is 9.36 Å². The molecule has 1 heterocycles. The summed E-state index contributed by atoms with van der Waals surface area (Å²) in [5.74, 6) is 0. The van der Waals surface area contributed by atoms with Crippen LogP contribution in [0.5, 0.6) is 0 Å². The lowest BCUT2D eigenvalue weighted by Crippen LogP contribution is -3.00. The van der Waals surface area contributed by atoms with Gasteiger partial charge in [0.15, 0.2) is 7.05 Å². The van der Waals surface area contributed by atoms with Gasteiger partial charge in [-0.05, 0) is 19.1 Å². The van der Waals surface area contributed by atoms with Crippen molar-refractivity contribution in [1.82, 2.24) is 4.68 Å². The van der Waals surface area contributed by atoms with Crippen molar-refractivity contribution in [3.63, 3.8) is 0 Å². The molecule has 15 heavy (non-hydrogen) atoms. The number of hydrogen-bond donors (Lipinski definition) is 0. The zero-order chi connectivity index (χ0) is 10.1. The van der Waals surface area contributed by atoms with E-state index in [-0.39, 0.29) is 24.0 Å². The van der Waals surface area contributed by atoms with Crippen LogP contribution in [-0.4, -0.2) is 4.68 Å². The number of aromatic nitrogens is 2. The average Bonchev–Trinajstić information content (AvgIpc) is 2.43. The first-order chi connectivity index (χ1) is 6.70. The summed E-state index contributed by atoms with van der Waals surface area (Å²) in [6.07, 6.45) is 0. The van der Waals surface area contributed by atoms with Crippen LogP contribution in [-0.2, 0) is 7.05 Å². The molecule has 0 atom stereocenters. The van der Waals surface area contributed by atoms with Gasteiger partial charge in [-0.25, -0.2) is 0 Å². The fraction of sp³-hybridized carbons (Fsp3) is 0.250. The molecule has 0 N–H and O–H groups in total. The van der Waals surface area contributed by atoms with E-state index in [1.54, 1.807) is 0 Å². The van der Waals surface area contributed by atoms with Crippen molar-refractivity contribution in [2.45, 2.75) is 13.8 Å². The first-order valence-electron chi connectivity index (χ1n) is 4.81. The average molecular weight is 314 g/mol. The van der Waals surface area contributed by atoms with Crippen LogP contribution in [0.2, 0.25) is 0 Å². The Balaban J connectivity index is 0.00000112. The molecule has 1 aromatic carbocycles. The lowest BCUT2D eigenvalue weighted by Gasteiger charge is -2.01. The molecular weight excluding hydrogens is 299 g/mol. The molecule has 2 rings (SSSR count). The Bertz CT molecular complexity index is 446. The fourth-order valence-corrected chi connectivity index (χ4v) is 1.80. The van der Waals surface area contributed by atoms with Crippen molar-refractivity contribution in [3.05, 3.63) is 47.8 Å². The number of para-hydroxylation sites is 1. The second kappa shape index (κ2) is 4.79. The number of benzene rings is 1. The minimum atomic E-state index is 0. The second-order valence-electron chi connectivity index (χ2n) is 3.60. The van der Waals surface area contributed by atoms with Crippen LogP contribution in [0.1, 0.15) is 11.4 Å². The van der Waals surface area contributed by atoms with Gasteiger partial charge in [0.1, 0.15) is 5.69 Å². The molecule has 2 nitrogen and oxygen atoms in total. The van der Waals surface area contributed by atoms with E-state index in [9.17, 15) is 0 Å². The van der Waals surface area contributed by atoms with Gasteiger partial charge in [-0.1, -0.05) is 18.2 Å². The summed E-state index contributed by atoms with van der Waals surface area (Å²) >= 11 is 0. The molecule has 80 valence electrons. The molecule has 0 fully saturated rings. The highest BCUT2D eigenvalue weighted by atomic mass is 127. The van der Waals surface area contributed by atoms with Crippen molar-refractivity contribution in [1.29, 1.82) is 0 Å². The van der Waals surface area contributed by atoms with Gasteiger partial charge in [0, 0.05) is 13.0 Å². The predicted molar refractivity (Wildman–Crippen MR) is 56.4 cm³/mol. The van der Waals surface area contributed by atoms with Gasteiger partial charge < -0.3 is 24.0 Å². The number of nitrogens with zero attached hydrogens (tertiary/aromatic N) is 2. The zero-order valence-corrected chi connectivity index (χ0v) is 11.4. The summed E-state index contributed by atoms with van der Waals surface area (Å²) in [4.78, 5) is 0. The monoisotopic (exact) mass is 314 g/mol. The maximum atomic E-state index is 2.20. The molecule has 0 radical (unpaired) electrons. The fourth-order valence-electron chi connectivity index (χ4n) is 1.80. The van der Waals surface area contributed by atoms with E-state index < -0.39 is 0 Å². The van der Waals surface area contributed by atoms with Gasteiger partial charge in [0.05, 0.1) is 5.69 Å². The topological polar surface area (TPSA) is 8.81 Å². The summed E-state index contributed by atoms with van der Waals surface area (Å²) < 4.78 is 4.36. The Labute approximate surface area is 108 Å².